The molecule has 0 fully saturated rings. The highest BCUT2D eigenvalue weighted by Crippen LogP contribution is 2.26. The molecule has 0 saturated heterocycles. The van der Waals surface area contributed by atoms with Crippen molar-refractivity contribution in [2.75, 3.05) is 0 Å². The number of nitrogens with one attached hydrogen (secondary N) is 1. The first-order valence-electron chi connectivity index (χ1n) is 5.89. The Labute approximate surface area is 122 Å². The van der Waals surface area contributed by atoms with Gasteiger partial charge in [-0.3, -0.25) is 4.79 Å². The maximum absolute atomic E-state index is 12.3. The summed E-state index contributed by atoms with van der Waals surface area (Å²) >= 11 is 1.17. The molecule has 0 saturated carbocycles. The van der Waals surface area contributed by atoms with E-state index in [4.69, 9.17) is 0 Å². The molecule has 1 heterocycles. The predicted molar refractivity (Wildman–Crippen MR) is 71.1 cm³/mol. The number of benzene rings is 1. The van der Waals surface area contributed by atoms with Gasteiger partial charge in [-0.2, -0.15) is 0 Å². The number of nitrogens with zero attached hydrogens (tertiary/aromatic N) is 1. The van der Waals surface area contributed by atoms with Gasteiger partial charge in [-0.05, 0) is 13.0 Å². The minimum atomic E-state index is -4.77. The van der Waals surface area contributed by atoms with Crippen LogP contribution in [0.4, 0.5) is 13.2 Å². The SMILES string of the molecule is Cc1ncsc1C(=O)NCc1ccccc1OC(F)(F)F. The molecule has 2 rings (SSSR count). The summed E-state index contributed by atoms with van der Waals surface area (Å²) in [4.78, 5) is 16.3. The summed E-state index contributed by atoms with van der Waals surface area (Å²) in [5.41, 5.74) is 2.35. The van der Waals surface area contributed by atoms with Crippen LogP contribution in [0, 0.1) is 6.92 Å². The second kappa shape index (κ2) is 6.13. The smallest absolute Gasteiger partial charge is 0.405 e. The number of hydrogen-bond donors (Lipinski definition) is 1. The van der Waals surface area contributed by atoms with Crippen molar-refractivity contribution in [3.63, 3.8) is 0 Å². The van der Waals surface area contributed by atoms with Gasteiger partial charge < -0.3 is 10.1 Å². The Morgan fingerprint density at radius 3 is 2.71 bits per heavy atom. The van der Waals surface area contributed by atoms with Crippen LogP contribution >= 0.6 is 11.3 Å². The second-order valence-electron chi connectivity index (χ2n) is 4.11. The van der Waals surface area contributed by atoms with Crippen LogP contribution in [0.25, 0.3) is 0 Å². The van der Waals surface area contributed by atoms with Crippen LogP contribution < -0.4 is 10.1 Å². The van der Waals surface area contributed by atoms with Gasteiger partial charge in [-0.15, -0.1) is 24.5 Å². The number of carbonyl (C=O) groups excluding carboxylic acids is 1. The predicted octanol–water partition coefficient (Wildman–Crippen LogP) is 3.28. The highest BCUT2D eigenvalue weighted by Gasteiger charge is 2.32. The van der Waals surface area contributed by atoms with E-state index in [0.717, 1.165) is 0 Å². The van der Waals surface area contributed by atoms with Gasteiger partial charge in [-0.1, -0.05) is 18.2 Å². The number of aromatic nitrogens is 1. The molecule has 0 aliphatic carbocycles. The first-order valence-corrected chi connectivity index (χ1v) is 6.77. The van der Waals surface area contributed by atoms with Gasteiger partial charge >= 0.3 is 6.36 Å². The standard InChI is InChI=1S/C13H11F3N2O2S/c1-8-11(21-7-18-8)12(19)17-6-9-4-2-3-5-10(9)20-13(14,15)16/h2-5,7H,6H2,1H3,(H,17,19). The van der Waals surface area contributed by atoms with Crippen LogP contribution in [0.5, 0.6) is 5.75 Å². The van der Waals surface area contributed by atoms with E-state index in [1.807, 2.05) is 0 Å². The van der Waals surface area contributed by atoms with Gasteiger partial charge in [0.1, 0.15) is 10.6 Å². The van der Waals surface area contributed by atoms with E-state index in [2.05, 4.69) is 15.0 Å². The lowest BCUT2D eigenvalue weighted by atomic mass is 10.2. The summed E-state index contributed by atoms with van der Waals surface area (Å²) in [6.07, 6.45) is -4.77. The van der Waals surface area contributed by atoms with Crippen LogP contribution in [0.1, 0.15) is 20.9 Å². The molecule has 8 heteroatoms. The molecule has 0 spiro atoms. The molecule has 1 aromatic heterocycles. The number of carbonyl (C=O) groups is 1. The third-order valence-electron chi connectivity index (χ3n) is 2.59. The van der Waals surface area contributed by atoms with Gasteiger partial charge in [0, 0.05) is 12.1 Å². The molecule has 0 aliphatic rings. The molecular weight excluding hydrogens is 305 g/mol. The average molecular weight is 316 g/mol. The molecular formula is C13H11F3N2O2S. The summed E-state index contributed by atoms with van der Waals surface area (Å²) in [5, 5.41) is 2.55. The van der Waals surface area contributed by atoms with Crippen molar-refractivity contribution in [1.29, 1.82) is 0 Å². The highest BCUT2D eigenvalue weighted by molar-refractivity contribution is 7.11. The van der Waals surface area contributed by atoms with Crippen LogP contribution in [-0.4, -0.2) is 17.3 Å². The van der Waals surface area contributed by atoms with Gasteiger partial charge in [0.05, 0.1) is 11.2 Å². The maximum Gasteiger partial charge on any atom is 0.573 e. The van der Waals surface area contributed by atoms with Crippen molar-refractivity contribution >= 4 is 17.2 Å². The Balaban J connectivity index is 2.07. The molecule has 0 atom stereocenters. The summed E-state index contributed by atoms with van der Waals surface area (Å²) in [6.45, 7) is 1.62. The molecule has 0 unspecified atom stereocenters. The highest BCUT2D eigenvalue weighted by atomic mass is 32.1. The number of rotatable bonds is 4. The van der Waals surface area contributed by atoms with E-state index in [1.165, 1.54) is 35.0 Å². The third kappa shape index (κ3) is 4.19. The zero-order chi connectivity index (χ0) is 15.5. The fourth-order valence-corrected chi connectivity index (χ4v) is 2.37. The van der Waals surface area contributed by atoms with Crippen molar-refractivity contribution in [3.8, 4) is 5.75 Å². The Kier molecular flexibility index (Phi) is 4.46. The summed E-state index contributed by atoms with van der Waals surface area (Å²) in [5.74, 6) is -0.705. The number of amides is 1. The molecule has 0 radical (unpaired) electrons. The van der Waals surface area contributed by atoms with E-state index < -0.39 is 6.36 Å². The van der Waals surface area contributed by atoms with E-state index in [1.54, 1.807) is 13.0 Å². The molecule has 21 heavy (non-hydrogen) atoms. The van der Waals surface area contributed by atoms with Crippen molar-refractivity contribution in [1.82, 2.24) is 10.3 Å². The lowest BCUT2D eigenvalue weighted by Crippen LogP contribution is -2.24. The topological polar surface area (TPSA) is 51.2 Å². The monoisotopic (exact) mass is 316 g/mol. The number of halogens is 3. The second-order valence-corrected chi connectivity index (χ2v) is 4.96. The lowest BCUT2D eigenvalue weighted by Gasteiger charge is -2.13. The molecule has 2 aromatic rings. The molecule has 0 aliphatic heterocycles. The fraction of sp³-hybridized carbons (Fsp3) is 0.231. The summed E-state index contributed by atoms with van der Waals surface area (Å²) < 4.78 is 40.8. The number of alkyl halides is 3. The van der Waals surface area contributed by atoms with E-state index >= 15 is 0 Å². The minimum absolute atomic E-state index is 0.0670. The molecule has 1 N–H and O–H groups in total. The number of para-hydroxylation sites is 1. The molecule has 112 valence electrons. The zero-order valence-electron chi connectivity index (χ0n) is 10.9. The van der Waals surface area contributed by atoms with Crippen LogP contribution in [0.15, 0.2) is 29.8 Å². The average Bonchev–Trinajstić information content (AvgIpc) is 2.82. The first-order chi connectivity index (χ1) is 9.87. The Hall–Kier alpha value is -2.09. The fourth-order valence-electron chi connectivity index (χ4n) is 1.65. The third-order valence-corrected chi connectivity index (χ3v) is 3.52. The van der Waals surface area contributed by atoms with Crippen molar-refractivity contribution in [2.45, 2.75) is 19.8 Å². The van der Waals surface area contributed by atoms with Crippen molar-refractivity contribution in [3.05, 3.63) is 45.9 Å². The largest absolute Gasteiger partial charge is 0.573 e. The Bertz CT molecular complexity index is 640. The molecule has 0 bridgehead atoms. The van der Waals surface area contributed by atoms with Gasteiger partial charge in [-0.25, -0.2) is 4.98 Å². The van der Waals surface area contributed by atoms with Crippen LogP contribution in [0.3, 0.4) is 0 Å². The van der Waals surface area contributed by atoms with Gasteiger partial charge in [0.2, 0.25) is 0 Å². The Morgan fingerprint density at radius 2 is 2.10 bits per heavy atom. The van der Waals surface area contributed by atoms with E-state index in [-0.39, 0.29) is 23.8 Å². The van der Waals surface area contributed by atoms with Gasteiger partial charge in [0.25, 0.3) is 5.91 Å². The van der Waals surface area contributed by atoms with E-state index in [0.29, 0.717) is 10.6 Å². The van der Waals surface area contributed by atoms with Crippen LogP contribution in [-0.2, 0) is 6.54 Å². The quantitative estimate of drug-likeness (QED) is 0.942. The number of ether oxygens (including phenoxy) is 1. The number of aryl methyl sites for hydroxylation is 1. The number of thiazole rings is 1. The molecule has 1 aromatic carbocycles. The zero-order valence-corrected chi connectivity index (χ0v) is 11.7. The first kappa shape index (κ1) is 15.3. The van der Waals surface area contributed by atoms with Crippen molar-refractivity contribution < 1.29 is 22.7 Å². The van der Waals surface area contributed by atoms with Gasteiger partial charge in [0.15, 0.2) is 0 Å². The lowest BCUT2D eigenvalue weighted by molar-refractivity contribution is -0.274. The molecule has 1 amide bonds. The maximum atomic E-state index is 12.3. The normalized spacial score (nSPS) is 11.2. The molecule has 4 nitrogen and oxygen atoms in total. The Morgan fingerprint density at radius 1 is 1.38 bits per heavy atom. The summed E-state index contributed by atoms with van der Waals surface area (Å²) in [6, 6.07) is 5.66. The number of hydrogen-bond acceptors (Lipinski definition) is 4. The van der Waals surface area contributed by atoms with E-state index in [9.17, 15) is 18.0 Å². The van der Waals surface area contributed by atoms with Crippen molar-refractivity contribution in [2.24, 2.45) is 0 Å². The minimum Gasteiger partial charge on any atom is -0.405 e. The summed E-state index contributed by atoms with van der Waals surface area (Å²) in [7, 11) is 0. The van der Waals surface area contributed by atoms with Crippen LogP contribution in [0.2, 0.25) is 0 Å².